The Morgan fingerprint density at radius 3 is 2.24 bits per heavy atom. The van der Waals surface area contributed by atoms with E-state index in [1.807, 2.05) is 20.8 Å². The van der Waals surface area contributed by atoms with Crippen LogP contribution in [0.4, 0.5) is 4.79 Å². The van der Waals surface area contributed by atoms with E-state index in [9.17, 15) is 9.59 Å². The molecular formula is C21H32N2O6. The van der Waals surface area contributed by atoms with Gasteiger partial charge in [-0.2, -0.15) is 0 Å². The van der Waals surface area contributed by atoms with Gasteiger partial charge in [-0.25, -0.2) is 4.79 Å². The molecule has 1 fully saturated rings. The minimum Gasteiger partial charge on any atom is -0.493 e. The lowest BCUT2D eigenvalue weighted by molar-refractivity contribution is -0.126. The van der Waals surface area contributed by atoms with Gasteiger partial charge in [-0.1, -0.05) is 0 Å². The van der Waals surface area contributed by atoms with Crippen LogP contribution in [-0.4, -0.2) is 56.9 Å². The van der Waals surface area contributed by atoms with E-state index < -0.39 is 5.60 Å². The first-order valence-electron chi connectivity index (χ1n) is 9.73. The molecular weight excluding hydrogens is 376 g/mol. The van der Waals surface area contributed by atoms with Crippen molar-refractivity contribution < 1.29 is 28.5 Å². The van der Waals surface area contributed by atoms with Gasteiger partial charge in [0, 0.05) is 19.6 Å². The van der Waals surface area contributed by atoms with E-state index in [0.29, 0.717) is 36.9 Å². The number of ether oxygens (including phenoxy) is 4. The second-order valence-electron chi connectivity index (χ2n) is 8.02. The van der Waals surface area contributed by atoms with Gasteiger partial charge in [-0.05, 0) is 51.3 Å². The van der Waals surface area contributed by atoms with Crippen molar-refractivity contribution in [3.63, 3.8) is 0 Å². The number of carbonyl (C=O) groups is 2. The topological polar surface area (TPSA) is 86.3 Å². The van der Waals surface area contributed by atoms with Crippen LogP contribution in [0, 0.1) is 5.92 Å². The highest BCUT2D eigenvalue weighted by Crippen LogP contribution is 2.38. The van der Waals surface area contributed by atoms with Gasteiger partial charge in [0.1, 0.15) is 5.60 Å². The third-order valence-corrected chi connectivity index (χ3v) is 4.64. The van der Waals surface area contributed by atoms with E-state index in [1.54, 1.807) is 38.4 Å². The number of benzene rings is 1. The summed E-state index contributed by atoms with van der Waals surface area (Å²) in [5.74, 6) is 1.21. The summed E-state index contributed by atoms with van der Waals surface area (Å²) in [6.45, 7) is 6.77. The lowest BCUT2D eigenvalue weighted by Crippen LogP contribution is -2.46. The Hall–Kier alpha value is -2.64. The largest absolute Gasteiger partial charge is 0.493 e. The Balaban J connectivity index is 1.99. The number of hydrogen-bond acceptors (Lipinski definition) is 6. The number of likely N-dealkylation sites (tertiary alicyclic amines) is 1. The van der Waals surface area contributed by atoms with E-state index in [1.165, 1.54) is 0 Å². The van der Waals surface area contributed by atoms with Crippen LogP contribution < -0.4 is 19.5 Å². The third-order valence-electron chi connectivity index (χ3n) is 4.64. The highest BCUT2D eigenvalue weighted by molar-refractivity contribution is 5.80. The molecule has 0 aliphatic carbocycles. The van der Waals surface area contributed by atoms with E-state index in [0.717, 1.165) is 18.4 Å². The summed E-state index contributed by atoms with van der Waals surface area (Å²) < 4.78 is 21.4. The molecule has 0 aromatic heterocycles. The maximum atomic E-state index is 12.7. The normalized spacial score (nSPS) is 16.8. The Morgan fingerprint density at radius 1 is 1.10 bits per heavy atom. The van der Waals surface area contributed by atoms with Gasteiger partial charge in [0.05, 0.1) is 27.2 Å². The molecule has 1 aromatic rings. The zero-order chi connectivity index (χ0) is 21.6. The summed E-state index contributed by atoms with van der Waals surface area (Å²) in [5.41, 5.74) is 0.270. The molecule has 1 aliphatic heterocycles. The van der Waals surface area contributed by atoms with E-state index >= 15 is 0 Å². The van der Waals surface area contributed by atoms with Gasteiger partial charge in [0.2, 0.25) is 11.7 Å². The van der Waals surface area contributed by atoms with Crippen LogP contribution in [0.3, 0.4) is 0 Å². The molecule has 1 aliphatic rings. The molecule has 1 saturated heterocycles. The molecule has 0 saturated carbocycles. The SMILES string of the molecule is COc1cc(CNC(=O)C2CCCN(C(=O)OC(C)(C)C)C2)cc(OC)c1OC. The molecule has 8 nitrogen and oxygen atoms in total. The molecule has 162 valence electrons. The van der Waals surface area contributed by atoms with E-state index in [4.69, 9.17) is 18.9 Å². The molecule has 2 amide bonds. The molecule has 1 aromatic carbocycles. The number of methoxy groups -OCH3 is 3. The molecule has 2 rings (SSSR count). The minimum atomic E-state index is -0.557. The van der Waals surface area contributed by atoms with Crippen LogP contribution in [0.2, 0.25) is 0 Å². The first kappa shape index (κ1) is 22.6. The second-order valence-corrected chi connectivity index (χ2v) is 8.02. The number of nitrogens with zero attached hydrogens (tertiary/aromatic N) is 1. The molecule has 8 heteroatoms. The molecule has 1 atom stereocenters. The summed E-state index contributed by atoms with van der Waals surface area (Å²) >= 11 is 0. The fraction of sp³-hybridized carbons (Fsp3) is 0.619. The van der Waals surface area contributed by atoms with Gasteiger partial charge in [0.15, 0.2) is 11.5 Å². The van der Waals surface area contributed by atoms with Crippen molar-refractivity contribution in [3.8, 4) is 17.2 Å². The smallest absolute Gasteiger partial charge is 0.410 e. The Morgan fingerprint density at radius 2 is 1.72 bits per heavy atom. The molecule has 0 bridgehead atoms. The average Bonchev–Trinajstić information content (AvgIpc) is 2.69. The molecule has 0 spiro atoms. The van der Waals surface area contributed by atoms with Gasteiger partial charge in [0.25, 0.3) is 0 Å². The zero-order valence-electron chi connectivity index (χ0n) is 18.2. The van der Waals surface area contributed by atoms with Crippen molar-refractivity contribution >= 4 is 12.0 Å². The van der Waals surface area contributed by atoms with E-state index in [-0.39, 0.29) is 17.9 Å². The number of piperidine rings is 1. The first-order chi connectivity index (χ1) is 13.7. The Bertz CT molecular complexity index is 703. The second kappa shape index (κ2) is 9.71. The standard InChI is InChI=1S/C21H32N2O6/c1-21(2,3)29-20(25)23-9-7-8-15(13-23)19(24)22-12-14-10-16(26-4)18(28-6)17(11-14)27-5/h10-11,15H,7-9,12-13H2,1-6H3,(H,22,24). The van der Waals surface area contributed by atoms with Crippen molar-refractivity contribution in [2.45, 2.75) is 45.8 Å². The third kappa shape index (κ3) is 6.17. The van der Waals surface area contributed by atoms with Gasteiger partial charge >= 0.3 is 6.09 Å². The molecule has 1 unspecified atom stereocenters. The zero-order valence-corrected chi connectivity index (χ0v) is 18.2. The van der Waals surface area contributed by atoms with Crippen LogP contribution in [0.5, 0.6) is 17.2 Å². The minimum absolute atomic E-state index is 0.0907. The van der Waals surface area contributed by atoms with Crippen molar-refractivity contribution in [1.29, 1.82) is 0 Å². The molecule has 29 heavy (non-hydrogen) atoms. The van der Waals surface area contributed by atoms with Crippen LogP contribution in [0.1, 0.15) is 39.2 Å². The predicted molar refractivity (Wildman–Crippen MR) is 108 cm³/mol. The average molecular weight is 408 g/mol. The fourth-order valence-corrected chi connectivity index (χ4v) is 3.25. The van der Waals surface area contributed by atoms with Crippen molar-refractivity contribution in [2.24, 2.45) is 5.92 Å². The highest BCUT2D eigenvalue weighted by Gasteiger charge is 2.31. The van der Waals surface area contributed by atoms with Gasteiger partial charge in [-0.15, -0.1) is 0 Å². The molecule has 1 N–H and O–H groups in total. The predicted octanol–water partition coefficient (Wildman–Crippen LogP) is 2.98. The Labute approximate surface area is 172 Å². The van der Waals surface area contributed by atoms with Crippen molar-refractivity contribution in [2.75, 3.05) is 34.4 Å². The van der Waals surface area contributed by atoms with Crippen LogP contribution in [0.25, 0.3) is 0 Å². The monoisotopic (exact) mass is 408 g/mol. The summed E-state index contributed by atoms with van der Waals surface area (Å²) in [6.07, 6.45) is 1.13. The lowest BCUT2D eigenvalue weighted by Gasteiger charge is -2.33. The summed E-state index contributed by atoms with van der Waals surface area (Å²) in [6, 6.07) is 3.60. The summed E-state index contributed by atoms with van der Waals surface area (Å²) in [5, 5.41) is 2.95. The van der Waals surface area contributed by atoms with Crippen LogP contribution >= 0.6 is 0 Å². The number of nitrogens with one attached hydrogen (secondary N) is 1. The Kier molecular flexibility index (Phi) is 7.59. The van der Waals surface area contributed by atoms with Crippen molar-refractivity contribution in [1.82, 2.24) is 10.2 Å². The first-order valence-corrected chi connectivity index (χ1v) is 9.73. The molecule has 0 radical (unpaired) electrons. The maximum absolute atomic E-state index is 12.7. The molecule has 1 heterocycles. The van der Waals surface area contributed by atoms with Crippen LogP contribution in [-0.2, 0) is 16.1 Å². The number of amides is 2. The van der Waals surface area contributed by atoms with Gasteiger partial charge < -0.3 is 29.2 Å². The lowest BCUT2D eigenvalue weighted by atomic mass is 9.97. The quantitative estimate of drug-likeness (QED) is 0.779. The fourth-order valence-electron chi connectivity index (χ4n) is 3.25. The van der Waals surface area contributed by atoms with E-state index in [2.05, 4.69) is 5.32 Å². The highest BCUT2D eigenvalue weighted by atomic mass is 16.6. The number of rotatable bonds is 6. The maximum Gasteiger partial charge on any atom is 0.410 e. The summed E-state index contributed by atoms with van der Waals surface area (Å²) in [4.78, 5) is 26.6. The number of hydrogen-bond donors (Lipinski definition) is 1. The van der Waals surface area contributed by atoms with Gasteiger partial charge in [-0.3, -0.25) is 4.79 Å². The van der Waals surface area contributed by atoms with Crippen molar-refractivity contribution in [3.05, 3.63) is 17.7 Å². The summed E-state index contributed by atoms with van der Waals surface area (Å²) in [7, 11) is 4.64. The van der Waals surface area contributed by atoms with Crippen LogP contribution in [0.15, 0.2) is 12.1 Å². The number of carbonyl (C=O) groups excluding carboxylic acids is 2.